The molecule has 0 aliphatic rings. The normalized spacial score (nSPS) is 14.6. The third-order valence-electron chi connectivity index (χ3n) is 8.17. The monoisotopic (exact) mass is 671 g/mol. The summed E-state index contributed by atoms with van der Waals surface area (Å²) in [5.41, 5.74) is -0.402. The molecule has 47 heavy (non-hydrogen) atoms. The highest BCUT2D eigenvalue weighted by atomic mass is 32.2. The smallest absolute Gasteiger partial charge is 0.269 e. The van der Waals surface area contributed by atoms with Crippen molar-refractivity contribution in [2.24, 2.45) is 11.3 Å². The van der Waals surface area contributed by atoms with Crippen molar-refractivity contribution < 1.29 is 27.7 Å². The summed E-state index contributed by atoms with van der Waals surface area (Å²) in [4.78, 5) is 52.7. The molecule has 0 bridgehead atoms. The van der Waals surface area contributed by atoms with Crippen molar-refractivity contribution in [2.45, 2.75) is 84.7 Å². The van der Waals surface area contributed by atoms with Gasteiger partial charge in [0.25, 0.3) is 11.6 Å². The van der Waals surface area contributed by atoms with Gasteiger partial charge in [-0.15, -0.1) is 0 Å². The first kappa shape index (κ1) is 39.1. The van der Waals surface area contributed by atoms with Crippen molar-refractivity contribution in [1.82, 2.24) is 20.3 Å². The predicted molar refractivity (Wildman–Crippen MR) is 183 cm³/mol. The lowest BCUT2D eigenvalue weighted by molar-refractivity contribution is -0.384. The van der Waals surface area contributed by atoms with E-state index < -0.39 is 55.6 Å². The molecule has 2 aromatic rings. The quantitative estimate of drug-likeness (QED) is 0.154. The molecule has 0 fully saturated rings. The number of nitro groups is 1. The van der Waals surface area contributed by atoms with Gasteiger partial charge in [-0.05, 0) is 36.4 Å². The first-order chi connectivity index (χ1) is 21.6. The number of carbonyl (C=O) groups is 3. The van der Waals surface area contributed by atoms with Gasteiger partial charge in [0.05, 0.1) is 22.8 Å². The molecule has 2 rings (SSSR count). The Hall–Kier alpha value is -4.10. The third-order valence-corrected chi connectivity index (χ3v) is 9.38. The Morgan fingerprint density at radius 2 is 1.57 bits per heavy atom. The van der Waals surface area contributed by atoms with Crippen LogP contribution in [0, 0.1) is 21.4 Å². The van der Waals surface area contributed by atoms with Crippen LogP contribution in [0.4, 0.5) is 5.69 Å². The lowest BCUT2D eigenvalue weighted by atomic mass is 9.76. The summed E-state index contributed by atoms with van der Waals surface area (Å²) < 4.78 is 27.5. The SMILES string of the molecule is CN[C@H](C(=O)NC(C(=O)N(C)[C@H](/C=C(\C)C(=O)NS(=O)(=O)Cc1cccc([N+](=O)[O-])c1)C(C)C)C(C)(C)C)C(C)(C)c1ccccc1. The number of sulfonamides is 1. The highest BCUT2D eigenvalue weighted by molar-refractivity contribution is 7.89. The maximum Gasteiger partial charge on any atom is 0.269 e. The van der Waals surface area contributed by atoms with Crippen molar-refractivity contribution in [3.05, 3.63) is 87.5 Å². The highest BCUT2D eigenvalue weighted by Gasteiger charge is 2.41. The molecule has 0 heterocycles. The maximum atomic E-state index is 14.1. The van der Waals surface area contributed by atoms with Crippen molar-refractivity contribution >= 4 is 33.4 Å². The summed E-state index contributed by atoms with van der Waals surface area (Å²) in [6, 6.07) is 12.6. The summed E-state index contributed by atoms with van der Waals surface area (Å²) in [5, 5.41) is 17.2. The fourth-order valence-electron chi connectivity index (χ4n) is 5.40. The molecule has 12 nitrogen and oxygen atoms in total. The van der Waals surface area contributed by atoms with Gasteiger partial charge in [-0.2, -0.15) is 0 Å². The highest BCUT2D eigenvalue weighted by Crippen LogP contribution is 2.29. The third kappa shape index (κ3) is 10.4. The van der Waals surface area contributed by atoms with Gasteiger partial charge in [-0.1, -0.05) is 97.0 Å². The molecule has 3 amide bonds. The molecule has 0 saturated carbocycles. The molecule has 13 heteroatoms. The van der Waals surface area contributed by atoms with E-state index in [1.54, 1.807) is 14.1 Å². The number of nitrogens with zero attached hydrogens (tertiary/aromatic N) is 2. The van der Waals surface area contributed by atoms with Crippen molar-refractivity contribution in [3.63, 3.8) is 0 Å². The Morgan fingerprint density at radius 3 is 2.09 bits per heavy atom. The molecule has 0 spiro atoms. The summed E-state index contributed by atoms with van der Waals surface area (Å²) in [6.45, 7) is 14.6. The van der Waals surface area contributed by atoms with Gasteiger partial charge in [0.1, 0.15) is 6.04 Å². The Morgan fingerprint density at radius 1 is 0.979 bits per heavy atom. The second-order valence-corrected chi connectivity index (χ2v) is 15.5. The van der Waals surface area contributed by atoms with Crippen LogP contribution in [0.2, 0.25) is 0 Å². The largest absolute Gasteiger partial charge is 0.342 e. The Balaban J connectivity index is 2.29. The van der Waals surface area contributed by atoms with Gasteiger partial charge in [0.2, 0.25) is 21.8 Å². The minimum Gasteiger partial charge on any atom is -0.342 e. The van der Waals surface area contributed by atoms with E-state index in [9.17, 15) is 32.9 Å². The standard InChI is InChI=1S/C34H49N5O7S/c1-22(2)27(19-23(3)30(40)37-47(45,46)21-24-15-14-18-26(20-24)39(43)44)38(10)32(42)29(33(4,5)6)36-31(41)28(35-9)34(7,8)25-16-12-11-13-17-25/h11-20,22,27-29,35H,21H2,1-10H3,(H,36,41)(H,37,40)/b23-19+/t27-,28-,29?/m1/s1. The van der Waals surface area contributed by atoms with Crippen molar-refractivity contribution in [3.8, 4) is 0 Å². The minimum absolute atomic E-state index is 0.0576. The molecule has 3 N–H and O–H groups in total. The van der Waals surface area contributed by atoms with E-state index in [2.05, 4.69) is 10.6 Å². The van der Waals surface area contributed by atoms with E-state index in [-0.39, 0.29) is 34.6 Å². The number of rotatable bonds is 14. The van der Waals surface area contributed by atoms with E-state index >= 15 is 0 Å². The molecule has 0 radical (unpaired) electrons. The second-order valence-electron chi connectivity index (χ2n) is 13.8. The van der Waals surface area contributed by atoms with Crippen LogP contribution in [-0.4, -0.2) is 68.2 Å². The number of hydrogen-bond acceptors (Lipinski definition) is 8. The number of amides is 3. The van der Waals surface area contributed by atoms with Crippen LogP contribution >= 0.6 is 0 Å². The topological polar surface area (TPSA) is 168 Å². The van der Waals surface area contributed by atoms with E-state index in [4.69, 9.17) is 0 Å². The van der Waals surface area contributed by atoms with Crippen LogP contribution in [0.1, 0.15) is 66.5 Å². The molecule has 1 unspecified atom stereocenters. The number of nitrogens with one attached hydrogen (secondary N) is 3. The average Bonchev–Trinajstić information content (AvgIpc) is 2.97. The summed E-state index contributed by atoms with van der Waals surface area (Å²) in [5.74, 6) is -2.43. The Kier molecular flexibility index (Phi) is 13.0. The first-order valence-corrected chi connectivity index (χ1v) is 17.0. The maximum absolute atomic E-state index is 14.1. The number of nitro benzene ring substituents is 1. The molecule has 0 saturated heterocycles. The fourth-order valence-corrected chi connectivity index (χ4v) is 6.53. The molecule has 0 aliphatic heterocycles. The van der Waals surface area contributed by atoms with E-state index in [0.29, 0.717) is 0 Å². The van der Waals surface area contributed by atoms with Crippen molar-refractivity contribution in [1.29, 1.82) is 0 Å². The summed E-state index contributed by atoms with van der Waals surface area (Å²) in [6.07, 6.45) is 1.53. The molecule has 0 aliphatic carbocycles. The molecule has 258 valence electrons. The molecular weight excluding hydrogens is 622 g/mol. The van der Waals surface area contributed by atoms with Gasteiger partial charge in [0, 0.05) is 30.2 Å². The van der Waals surface area contributed by atoms with Crippen LogP contribution in [0.15, 0.2) is 66.2 Å². The molecule has 3 atom stereocenters. The van der Waals surface area contributed by atoms with Crippen molar-refractivity contribution in [2.75, 3.05) is 14.1 Å². The lowest BCUT2D eigenvalue weighted by Crippen LogP contribution is -2.61. The van der Waals surface area contributed by atoms with Crippen LogP contribution in [0.5, 0.6) is 0 Å². The number of hydrogen-bond donors (Lipinski definition) is 3. The number of likely N-dealkylation sites (N-methyl/N-ethyl adjacent to an activating group) is 2. The average molecular weight is 672 g/mol. The predicted octanol–water partition coefficient (Wildman–Crippen LogP) is 4.07. The van der Waals surface area contributed by atoms with Crippen LogP contribution in [-0.2, 0) is 35.6 Å². The van der Waals surface area contributed by atoms with E-state index in [1.165, 1.54) is 36.1 Å². The van der Waals surface area contributed by atoms with Crippen LogP contribution in [0.3, 0.4) is 0 Å². The van der Waals surface area contributed by atoms with Crippen LogP contribution in [0.25, 0.3) is 0 Å². The van der Waals surface area contributed by atoms with Gasteiger partial charge in [0.15, 0.2) is 0 Å². The minimum atomic E-state index is -4.20. The molecule has 0 aromatic heterocycles. The van der Waals surface area contributed by atoms with Gasteiger partial charge in [-0.3, -0.25) is 24.5 Å². The van der Waals surface area contributed by atoms with Gasteiger partial charge >= 0.3 is 0 Å². The second kappa shape index (κ2) is 15.7. The first-order valence-electron chi connectivity index (χ1n) is 15.4. The molecular formula is C34H49N5O7S. The Bertz CT molecular complexity index is 1580. The lowest BCUT2D eigenvalue weighted by Gasteiger charge is -2.40. The number of carbonyl (C=O) groups excluding carboxylic acids is 3. The van der Waals surface area contributed by atoms with E-state index in [1.807, 2.05) is 83.5 Å². The zero-order chi connectivity index (χ0) is 35.9. The van der Waals surface area contributed by atoms with Gasteiger partial charge in [-0.25, -0.2) is 13.1 Å². The Labute approximate surface area is 278 Å². The zero-order valence-electron chi connectivity index (χ0n) is 29.0. The summed E-state index contributed by atoms with van der Waals surface area (Å²) >= 11 is 0. The number of non-ortho nitro benzene ring substituents is 1. The van der Waals surface area contributed by atoms with E-state index in [0.717, 1.165) is 11.6 Å². The molecule has 2 aromatic carbocycles. The van der Waals surface area contributed by atoms with Crippen LogP contribution < -0.4 is 15.4 Å². The summed E-state index contributed by atoms with van der Waals surface area (Å²) in [7, 11) is -0.914. The zero-order valence-corrected chi connectivity index (χ0v) is 29.8. The fraction of sp³-hybridized carbons (Fsp3) is 0.500. The number of benzene rings is 2. The van der Waals surface area contributed by atoms with Gasteiger partial charge < -0.3 is 15.5 Å².